The summed E-state index contributed by atoms with van der Waals surface area (Å²) in [4.78, 5) is 41.8. The summed E-state index contributed by atoms with van der Waals surface area (Å²) in [6.45, 7) is 15.3. The second-order valence-electron chi connectivity index (χ2n) is 11.1. The molecule has 220 valence electrons. The number of thiazole rings is 1. The summed E-state index contributed by atoms with van der Waals surface area (Å²) >= 11 is 1.23. The Labute approximate surface area is 246 Å². The van der Waals surface area contributed by atoms with Crippen molar-refractivity contribution in [2.24, 2.45) is 11.8 Å². The van der Waals surface area contributed by atoms with Gasteiger partial charge < -0.3 is 20.3 Å². The zero-order valence-corrected chi connectivity index (χ0v) is 25.7. The molecule has 3 N–H and O–H groups in total. The lowest BCUT2D eigenvalue weighted by molar-refractivity contribution is 0.0531. The quantitative estimate of drug-likeness (QED) is 0.237. The van der Waals surface area contributed by atoms with Crippen molar-refractivity contribution >= 4 is 45.9 Å². The Morgan fingerprint density at radius 2 is 1.78 bits per heavy atom. The number of amides is 1. The predicted molar refractivity (Wildman–Crippen MR) is 164 cm³/mol. The van der Waals surface area contributed by atoms with Gasteiger partial charge in [-0.2, -0.15) is 9.97 Å². The third-order valence-electron chi connectivity index (χ3n) is 6.55. The van der Waals surface area contributed by atoms with E-state index in [9.17, 15) is 9.59 Å². The number of aromatic nitrogens is 3. The van der Waals surface area contributed by atoms with E-state index in [0.29, 0.717) is 58.7 Å². The molecule has 4 rings (SSSR count). The summed E-state index contributed by atoms with van der Waals surface area (Å²) in [5.74, 6) is 2.52. The smallest absolute Gasteiger partial charge is 0.350 e. The lowest BCUT2D eigenvalue weighted by Gasteiger charge is -2.31. The molecule has 0 aliphatic carbocycles. The van der Waals surface area contributed by atoms with Crippen LogP contribution in [0.3, 0.4) is 0 Å². The third-order valence-corrected chi connectivity index (χ3v) is 7.61. The molecular weight excluding hydrogens is 538 g/mol. The minimum Gasteiger partial charge on any atom is -0.462 e. The monoisotopic (exact) mass is 579 g/mol. The third kappa shape index (κ3) is 7.93. The van der Waals surface area contributed by atoms with Crippen LogP contribution in [0.2, 0.25) is 0 Å². The van der Waals surface area contributed by atoms with Gasteiger partial charge in [0.2, 0.25) is 5.95 Å². The van der Waals surface area contributed by atoms with Crippen molar-refractivity contribution in [1.29, 1.82) is 0 Å². The minimum absolute atomic E-state index is 0.0542. The van der Waals surface area contributed by atoms with Gasteiger partial charge in [0.05, 0.1) is 12.3 Å². The summed E-state index contributed by atoms with van der Waals surface area (Å²) in [6.07, 6.45) is 1.87. The molecule has 10 nitrogen and oxygen atoms in total. The van der Waals surface area contributed by atoms with Gasteiger partial charge in [-0.1, -0.05) is 51.2 Å². The van der Waals surface area contributed by atoms with Crippen molar-refractivity contribution < 1.29 is 14.3 Å². The van der Waals surface area contributed by atoms with Crippen molar-refractivity contribution in [3.05, 3.63) is 51.5 Å². The van der Waals surface area contributed by atoms with E-state index in [4.69, 9.17) is 14.7 Å². The van der Waals surface area contributed by atoms with E-state index in [2.05, 4.69) is 53.5 Å². The molecule has 41 heavy (non-hydrogen) atoms. The molecule has 0 bridgehead atoms. The maximum Gasteiger partial charge on any atom is 0.350 e. The van der Waals surface area contributed by atoms with Crippen LogP contribution in [0.25, 0.3) is 0 Å². The molecule has 0 spiro atoms. The van der Waals surface area contributed by atoms with Crippen LogP contribution in [0, 0.1) is 18.8 Å². The minimum atomic E-state index is -0.379. The van der Waals surface area contributed by atoms with Crippen LogP contribution < -0.4 is 20.9 Å². The van der Waals surface area contributed by atoms with Gasteiger partial charge in [-0.3, -0.25) is 10.1 Å². The molecule has 0 unspecified atom stereocenters. The SMILES string of the molecule is CCOC(=O)c1sc(Nc2nc(NCC(C)C)c3c(n2)N(Cc2ccc(C(=O)NCC(C)C)cc2)CCC3)nc1C. The Bertz CT molecular complexity index is 1350. The summed E-state index contributed by atoms with van der Waals surface area (Å²) < 4.78 is 5.17. The number of hydrogen-bond donors (Lipinski definition) is 3. The van der Waals surface area contributed by atoms with E-state index < -0.39 is 0 Å². The molecule has 0 radical (unpaired) electrons. The van der Waals surface area contributed by atoms with Crippen LogP contribution in [-0.4, -0.2) is 53.1 Å². The number of carbonyl (C=O) groups is 2. The predicted octanol–water partition coefficient (Wildman–Crippen LogP) is 5.57. The largest absolute Gasteiger partial charge is 0.462 e. The number of rotatable bonds is 12. The van der Waals surface area contributed by atoms with Crippen LogP contribution in [0.15, 0.2) is 24.3 Å². The lowest BCUT2D eigenvalue weighted by Crippen LogP contribution is -2.31. The van der Waals surface area contributed by atoms with Crippen molar-refractivity contribution in [2.75, 3.05) is 41.8 Å². The number of fused-ring (bicyclic) bond motifs is 1. The molecule has 1 aliphatic rings. The fourth-order valence-corrected chi connectivity index (χ4v) is 5.34. The van der Waals surface area contributed by atoms with Crippen LogP contribution in [0.1, 0.15) is 77.9 Å². The fraction of sp³-hybridized carbons (Fsp3) is 0.500. The number of carbonyl (C=O) groups excluding carboxylic acids is 2. The van der Waals surface area contributed by atoms with Crippen LogP contribution >= 0.6 is 11.3 Å². The van der Waals surface area contributed by atoms with Gasteiger partial charge in [-0.05, 0) is 56.2 Å². The summed E-state index contributed by atoms with van der Waals surface area (Å²) in [5.41, 5.74) is 3.45. The number of ether oxygens (including phenoxy) is 1. The van der Waals surface area contributed by atoms with Crippen molar-refractivity contribution in [2.45, 2.75) is 60.9 Å². The molecule has 1 amide bonds. The van der Waals surface area contributed by atoms with Gasteiger partial charge in [0.15, 0.2) is 5.13 Å². The Morgan fingerprint density at radius 3 is 2.46 bits per heavy atom. The Morgan fingerprint density at radius 1 is 1.05 bits per heavy atom. The van der Waals surface area contributed by atoms with E-state index in [1.54, 1.807) is 13.8 Å². The number of nitrogens with zero attached hydrogens (tertiary/aromatic N) is 4. The number of aryl methyl sites for hydroxylation is 1. The first kappa shape index (κ1) is 30.2. The van der Waals surface area contributed by atoms with Crippen molar-refractivity contribution in [3.63, 3.8) is 0 Å². The standard InChI is InChI=1S/C30H41N7O3S/c1-7-40-28(39)24-20(6)33-30(41-24)36-29-34-25(31-15-18(2)3)23-9-8-14-37(26(23)35-29)17-21-10-12-22(13-11-21)27(38)32-16-19(4)5/h10-13,18-19H,7-9,14-17H2,1-6H3,(H,32,38)(H2,31,33,34,35,36). The highest BCUT2D eigenvalue weighted by Crippen LogP contribution is 2.34. The molecule has 1 aliphatic heterocycles. The molecule has 0 saturated carbocycles. The lowest BCUT2D eigenvalue weighted by atomic mass is 10.0. The Hall–Kier alpha value is -3.73. The molecule has 1 aromatic carbocycles. The fourth-order valence-electron chi connectivity index (χ4n) is 4.49. The van der Waals surface area contributed by atoms with E-state index in [1.807, 2.05) is 24.3 Å². The second kappa shape index (κ2) is 13.8. The topological polar surface area (TPSA) is 121 Å². The van der Waals surface area contributed by atoms with Gasteiger partial charge in [0.25, 0.3) is 5.91 Å². The Kier molecular flexibility index (Phi) is 10.1. The molecular formula is C30H41N7O3S. The summed E-state index contributed by atoms with van der Waals surface area (Å²) in [6, 6.07) is 7.77. The first-order valence-electron chi connectivity index (χ1n) is 14.3. The van der Waals surface area contributed by atoms with Gasteiger partial charge >= 0.3 is 5.97 Å². The molecule has 11 heteroatoms. The number of anilines is 4. The maximum absolute atomic E-state index is 12.5. The van der Waals surface area contributed by atoms with Gasteiger partial charge in [0, 0.05) is 37.3 Å². The molecule has 0 saturated heterocycles. The van der Waals surface area contributed by atoms with Gasteiger partial charge in [0.1, 0.15) is 16.5 Å². The first-order chi connectivity index (χ1) is 19.6. The molecule has 0 atom stereocenters. The van der Waals surface area contributed by atoms with E-state index >= 15 is 0 Å². The van der Waals surface area contributed by atoms with Gasteiger partial charge in [-0.15, -0.1) is 0 Å². The number of benzene rings is 1. The van der Waals surface area contributed by atoms with Crippen molar-refractivity contribution in [3.8, 4) is 0 Å². The van der Waals surface area contributed by atoms with Crippen LogP contribution in [-0.2, 0) is 17.7 Å². The van der Waals surface area contributed by atoms with Crippen molar-refractivity contribution in [1.82, 2.24) is 20.3 Å². The highest BCUT2D eigenvalue weighted by molar-refractivity contribution is 7.17. The number of esters is 1. The summed E-state index contributed by atoms with van der Waals surface area (Å²) in [5, 5.41) is 10.3. The second-order valence-corrected chi connectivity index (χ2v) is 12.1. The van der Waals surface area contributed by atoms with E-state index in [1.165, 1.54) is 11.3 Å². The molecule has 3 aromatic rings. The zero-order valence-electron chi connectivity index (χ0n) is 24.8. The van der Waals surface area contributed by atoms with Crippen LogP contribution in [0.4, 0.5) is 22.7 Å². The zero-order chi connectivity index (χ0) is 29.5. The Balaban J connectivity index is 1.59. The average molecular weight is 580 g/mol. The first-order valence-corrected chi connectivity index (χ1v) is 15.1. The molecule has 2 aromatic heterocycles. The molecule has 0 fully saturated rings. The number of hydrogen-bond acceptors (Lipinski definition) is 10. The highest BCUT2D eigenvalue weighted by atomic mass is 32.1. The van der Waals surface area contributed by atoms with E-state index in [0.717, 1.165) is 48.7 Å². The molecule has 3 heterocycles. The van der Waals surface area contributed by atoms with E-state index in [-0.39, 0.29) is 11.9 Å². The summed E-state index contributed by atoms with van der Waals surface area (Å²) in [7, 11) is 0. The highest BCUT2D eigenvalue weighted by Gasteiger charge is 2.25. The average Bonchev–Trinajstić information content (AvgIpc) is 3.31. The maximum atomic E-state index is 12.5. The van der Waals surface area contributed by atoms with Crippen LogP contribution in [0.5, 0.6) is 0 Å². The normalized spacial score (nSPS) is 12.8. The number of nitrogens with one attached hydrogen (secondary N) is 3. The van der Waals surface area contributed by atoms with Gasteiger partial charge in [-0.25, -0.2) is 9.78 Å².